The van der Waals surface area contributed by atoms with E-state index in [-0.39, 0.29) is 28.7 Å². The fourth-order valence-electron chi connectivity index (χ4n) is 4.26. The number of hydrogen-bond donors (Lipinski definition) is 3. The third-order valence-electron chi connectivity index (χ3n) is 6.14. The Morgan fingerprint density at radius 3 is 2.27 bits per heavy atom. The first-order valence-corrected chi connectivity index (χ1v) is 13.0. The lowest BCUT2D eigenvalue weighted by molar-refractivity contribution is -0.138. The van der Waals surface area contributed by atoms with Crippen molar-refractivity contribution in [3.63, 3.8) is 0 Å². The number of carbonyl (C=O) groups is 4. The summed E-state index contributed by atoms with van der Waals surface area (Å²) in [5.74, 6) is -3.18. The molecule has 1 aliphatic rings. The van der Waals surface area contributed by atoms with Gasteiger partial charge in [-0.15, -0.1) is 0 Å². The van der Waals surface area contributed by atoms with Crippen LogP contribution in [0.15, 0.2) is 66.7 Å². The van der Waals surface area contributed by atoms with Gasteiger partial charge in [-0.05, 0) is 54.1 Å². The second-order valence-electron chi connectivity index (χ2n) is 8.85. The van der Waals surface area contributed by atoms with Crippen molar-refractivity contribution in [2.24, 2.45) is 0 Å². The van der Waals surface area contributed by atoms with Crippen LogP contribution in [0.25, 0.3) is 0 Å². The molecule has 13 heteroatoms. The van der Waals surface area contributed by atoms with Gasteiger partial charge in [-0.1, -0.05) is 53.0 Å². The molecule has 3 aromatic rings. The zero-order valence-corrected chi connectivity index (χ0v) is 22.9. The summed E-state index contributed by atoms with van der Waals surface area (Å²) in [6.45, 7) is -0.0298. The highest BCUT2D eigenvalue weighted by atomic mass is 35.5. The number of halogens is 4. The highest BCUT2D eigenvalue weighted by molar-refractivity contribution is 6.42. The first kappa shape index (κ1) is 29.1. The summed E-state index contributed by atoms with van der Waals surface area (Å²) < 4.78 is 13.5. The summed E-state index contributed by atoms with van der Waals surface area (Å²) in [5.41, 5.74) is 0.818. The van der Waals surface area contributed by atoms with Gasteiger partial charge >= 0.3 is 12.0 Å². The van der Waals surface area contributed by atoms with Crippen LogP contribution in [0.3, 0.4) is 0 Å². The number of carboxylic acids is 1. The van der Waals surface area contributed by atoms with Gasteiger partial charge in [0.1, 0.15) is 5.82 Å². The van der Waals surface area contributed by atoms with Crippen molar-refractivity contribution in [1.82, 2.24) is 15.1 Å². The Labute approximate surface area is 243 Å². The number of nitrogens with zero attached hydrogens (tertiary/aromatic N) is 2. The lowest BCUT2D eigenvalue weighted by atomic mass is 10.0. The Morgan fingerprint density at radius 1 is 0.925 bits per heavy atom. The fourth-order valence-corrected chi connectivity index (χ4v) is 4.75. The molecule has 1 aliphatic heterocycles. The van der Waals surface area contributed by atoms with Crippen LogP contribution in [0.1, 0.15) is 28.4 Å². The Balaban J connectivity index is 1.66. The van der Waals surface area contributed by atoms with E-state index in [1.54, 1.807) is 18.2 Å². The van der Waals surface area contributed by atoms with E-state index in [0.29, 0.717) is 16.3 Å². The smallest absolute Gasteiger partial charge is 0.323 e. The predicted octanol–water partition coefficient (Wildman–Crippen LogP) is 5.43. The van der Waals surface area contributed by atoms with E-state index < -0.39 is 48.3 Å². The van der Waals surface area contributed by atoms with Crippen molar-refractivity contribution in [2.75, 3.05) is 18.4 Å². The van der Waals surface area contributed by atoms with Gasteiger partial charge in [0.15, 0.2) is 6.17 Å². The molecule has 1 fully saturated rings. The van der Waals surface area contributed by atoms with Gasteiger partial charge in [-0.3, -0.25) is 19.3 Å². The monoisotopic (exact) mass is 606 g/mol. The molecule has 0 spiro atoms. The molecule has 40 heavy (non-hydrogen) atoms. The van der Waals surface area contributed by atoms with E-state index in [4.69, 9.17) is 34.8 Å². The minimum Gasteiger partial charge on any atom is -0.481 e. The number of hydrogen-bond acceptors (Lipinski definition) is 4. The molecule has 9 nitrogen and oxygen atoms in total. The van der Waals surface area contributed by atoms with E-state index in [9.17, 15) is 28.7 Å². The van der Waals surface area contributed by atoms with E-state index in [1.807, 2.05) is 0 Å². The van der Waals surface area contributed by atoms with E-state index in [1.165, 1.54) is 41.3 Å². The summed E-state index contributed by atoms with van der Waals surface area (Å²) >= 11 is 18.1. The number of aliphatic carboxylic acids is 1. The van der Waals surface area contributed by atoms with Crippen LogP contribution in [-0.4, -0.2) is 58.0 Å². The van der Waals surface area contributed by atoms with Gasteiger partial charge in [-0.25, -0.2) is 9.18 Å². The van der Waals surface area contributed by atoms with Crippen LogP contribution in [-0.2, 0) is 9.59 Å². The molecular formula is C27H22Cl3FN4O5. The maximum absolute atomic E-state index is 13.7. The molecular weight excluding hydrogens is 586 g/mol. The Hall–Kier alpha value is -3.86. The summed E-state index contributed by atoms with van der Waals surface area (Å²) in [6, 6.07) is 13.8. The van der Waals surface area contributed by atoms with Gasteiger partial charge in [-0.2, -0.15) is 0 Å². The quantitative estimate of drug-likeness (QED) is 0.331. The lowest BCUT2D eigenvalue weighted by Crippen LogP contribution is -2.55. The van der Waals surface area contributed by atoms with E-state index in [2.05, 4.69) is 10.6 Å². The molecule has 1 heterocycles. The lowest BCUT2D eigenvalue weighted by Gasteiger charge is -2.31. The molecule has 3 N–H and O–H groups in total. The van der Waals surface area contributed by atoms with Crippen LogP contribution >= 0.6 is 34.8 Å². The van der Waals surface area contributed by atoms with Crippen molar-refractivity contribution in [2.45, 2.75) is 18.6 Å². The van der Waals surface area contributed by atoms with Gasteiger partial charge in [0.2, 0.25) is 0 Å². The average Bonchev–Trinajstić information content (AvgIpc) is 3.35. The molecule has 2 unspecified atom stereocenters. The molecule has 0 aromatic heterocycles. The number of amides is 4. The summed E-state index contributed by atoms with van der Waals surface area (Å²) in [5, 5.41) is 15.4. The molecule has 4 amide bonds. The second-order valence-corrected chi connectivity index (χ2v) is 10.1. The predicted molar refractivity (Wildman–Crippen MR) is 148 cm³/mol. The first-order chi connectivity index (χ1) is 19.0. The molecule has 0 saturated carbocycles. The SMILES string of the molecule is O=C(O)CC(NC(=O)C1N(C(=O)Nc2cccc(Cl)c2)CCN1C(=O)c1ccc(Cl)c(Cl)c1)c1ccc(F)cc1. The Morgan fingerprint density at radius 2 is 1.62 bits per heavy atom. The van der Waals surface area contributed by atoms with E-state index >= 15 is 0 Å². The van der Waals surface area contributed by atoms with Crippen LogP contribution in [0.4, 0.5) is 14.9 Å². The standard InChI is InChI=1S/C27H22Cl3FN4O5/c28-17-2-1-3-19(13-17)32-27(40)35-11-10-34(26(39)16-6-9-20(29)21(30)12-16)25(35)24(38)33-22(14-23(36)37)15-4-7-18(31)8-5-15/h1-9,12-13,22,25H,10-11,14H2,(H,32,40)(H,33,38)(H,36,37). The molecule has 2 atom stereocenters. The molecule has 3 aromatic carbocycles. The highest BCUT2D eigenvalue weighted by Gasteiger charge is 2.44. The third kappa shape index (κ3) is 6.82. The van der Waals surface area contributed by atoms with Crippen molar-refractivity contribution < 1.29 is 28.7 Å². The minimum absolute atomic E-state index is 0.0136. The highest BCUT2D eigenvalue weighted by Crippen LogP contribution is 2.27. The van der Waals surface area contributed by atoms with Crippen LogP contribution in [0.2, 0.25) is 15.1 Å². The van der Waals surface area contributed by atoms with Crippen molar-refractivity contribution >= 4 is 64.3 Å². The number of rotatable bonds is 7. The molecule has 0 radical (unpaired) electrons. The number of urea groups is 1. The molecule has 1 saturated heterocycles. The molecule has 0 aliphatic carbocycles. The van der Waals surface area contributed by atoms with E-state index in [0.717, 1.165) is 17.0 Å². The number of carbonyl (C=O) groups excluding carboxylic acids is 3. The third-order valence-corrected chi connectivity index (χ3v) is 7.11. The maximum atomic E-state index is 13.7. The normalized spacial score (nSPS) is 15.4. The average molecular weight is 608 g/mol. The zero-order chi connectivity index (χ0) is 29.0. The molecule has 208 valence electrons. The zero-order valence-electron chi connectivity index (χ0n) is 20.6. The minimum atomic E-state index is -1.46. The van der Waals surface area contributed by atoms with Crippen LogP contribution in [0, 0.1) is 5.82 Å². The maximum Gasteiger partial charge on any atom is 0.323 e. The first-order valence-electron chi connectivity index (χ1n) is 11.9. The van der Waals surface area contributed by atoms with Gasteiger partial charge in [0.25, 0.3) is 11.8 Å². The van der Waals surface area contributed by atoms with Gasteiger partial charge in [0.05, 0.1) is 22.5 Å². The summed E-state index contributed by atoms with van der Waals surface area (Å²) in [6.07, 6.45) is -1.99. The Kier molecular flexibility index (Phi) is 9.14. The van der Waals surface area contributed by atoms with Crippen molar-refractivity contribution in [1.29, 1.82) is 0 Å². The topological polar surface area (TPSA) is 119 Å². The summed E-state index contributed by atoms with van der Waals surface area (Å²) in [4.78, 5) is 54.4. The molecule has 0 bridgehead atoms. The van der Waals surface area contributed by atoms with Crippen LogP contribution in [0.5, 0.6) is 0 Å². The van der Waals surface area contributed by atoms with Gasteiger partial charge in [0, 0.05) is 29.4 Å². The Bertz CT molecular complexity index is 1460. The van der Waals surface area contributed by atoms with Gasteiger partial charge < -0.3 is 20.6 Å². The number of anilines is 1. The number of benzene rings is 3. The number of nitrogens with one attached hydrogen (secondary N) is 2. The number of carboxylic acid groups (broad SMARTS) is 1. The van der Waals surface area contributed by atoms with Crippen LogP contribution < -0.4 is 10.6 Å². The largest absolute Gasteiger partial charge is 0.481 e. The molecule has 4 rings (SSSR count). The van der Waals surface area contributed by atoms with Crippen molar-refractivity contribution in [3.8, 4) is 0 Å². The van der Waals surface area contributed by atoms with Crippen molar-refractivity contribution in [3.05, 3.63) is 98.7 Å². The summed E-state index contributed by atoms with van der Waals surface area (Å²) in [7, 11) is 0. The fraction of sp³-hybridized carbons (Fsp3) is 0.185. The second kappa shape index (κ2) is 12.5.